The number of hydrogen-bond acceptors (Lipinski definition) is 5. The zero-order valence-electron chi connectivity index (χ0n) is 19.2. The summed E-state index contributed by atoms with van der Waals surface area (Å²) < 4.78 is 10.4. The van der Waals surface area contributed by atoms with Gasteiger partial charge >= 0.3 is 5.97 Å². The molecule has 34 heavy (non-hydrogen) atoms. The molecule has 2 N–H and O–H groups in total. The fraction of sp³-hybridized carbons (Fsp3) is 0.259. The van der Waals surface area contributed by atoms with Crippen molar-refractivity contribution in [3.05, 3.63) is 88.9 Å². The molecule has 0 fully saturated rings. The van der Waals surface area contributed by atoms with Crippen molar-refractivity contribution in [1.29, 1.82) is 0 Å². The van der Waals surface area contributed by atoms with Crippen molar-refractivity contribution in [3.63, 3.8) is 0 Å². The van der Waals surface area contributed by atoms with Crippen LogP contribution in [0.15, 0.2) is 72.8 Å². The van der Waals surface area contributed by atoms with Crippen LogP contribution in [0.2, 0.25) is 5.02 Å². The van der Waals surface area contributed by atoms with Crippen molar-refractivity contribution in [1.82, 2.24) is 0 Å². The first-order valence-electron chi connectivity index (χ1n) is 11.0. The molecule has 0 radical (unpaired) electrons. The summed E-state index contributed by atoms with van der Waals surface area (Å²) in [6, 6.07) is 22.4. The molecule has 0 bridgehead atoms. The molecule has 0 spiro atoms. The minimum absolute atomic E-state index is 0.0783. The van der Waals surface area contributed by atoms with Crippen molar-refractivity contribution >= 4 is 29.7 Å². The van der Waals surface area contributed by atoms with Gasteiger partial charge in [0.2, 0.25) is 6.41 Å². The summed E-state index contributed by atoms with van der Waals surface area (Å²) in [6.45, 7) is 0.697. The van der Waals surface area contributed by atoms with Gasteiger partial charge in [-0.05, 0) is 73.2 Å². The van der Waals surface area contributed by atoms with E-state index in [9.17, 15) is 9.59 Å². The molecular formula is C27H30ClNO5. The Hall–Kier alpha value is -3.51. The summed E-state index contributed by atoms with van der Waals surface area (Å²) in [6.07, 6.45) is 4.69. The molecule has 0 aliphatic rings. The molecule has 0 aromatic heterocycles. The number of aryl methyl sites for hydroxylation is 2. The van der Waals surface area contributed by atoms with E-state index in [2.05, 4.69) is 16.1 Å². The number of rotatable bonds is 11. The average molecular weight is 484 g/mol. The van der Waals surface area contributed by atoms with Gasteiger partial charge in [0.15, 0.2) is 0 Å². The molecule has 6 nitrogen and oxygen atoms in total. The maximum absolute atomic E-state index is 11.1. The lowest BCUT2D eigenvalue weighted by Crippen LogP contribution is -2.02. The van der Waals surface area contributed by atoms with Crippen molar-refractivity contribution < 1.29 is 24.2 Å². The summed E-state index contributed by atoms with van der Waals surface area (Å²) in [4.78, 5) is 21.0. The SMILES string of the molecule is COC(=O)CCc1ccc(OCCCCc2cccc(Cl)c2)cc1.O=CNc1ccccc1O. The number of carbonyl (C=O) groups is 2. The molecule has 3 aromatic rings. The third-order valence-corrected chi connectivity index (χ3v) is 5.14. The molecule has 0 atom stereocenters. The summed E-state index contributed by atoms with van der Waals surface area (Å²) in [5.74, 6) is 0.754. The molecular weight excluding hydrogens is 454 g/mol. The largest absolute Gasteiger partial charge is 0.506 e. The molecule has 3 rings (SSSR count). The number of ether oxygens (including phenoxy) is 2. The number of phenolic OH excluding ortho intramolecular Hbond substituents is 1. The van der Waals surface area contributed by atoms with Crippen LogP contribution in [0.4, 0.5) is 5.69 Å². The van der Waals surface area contributed by atoms with Crippen LogP contribution in [0.5, 0.6) is 11.5 Å². The Morgan fingerprint density at radius 3 is 2.41 bits per heavy atom. The lowest BCUT2D eigenvalue weighted by molar-refractivity contribution is -0.140. The monoisotopic (exact) mass is 483 g/mol. The van der Waals surface area contributed by atoms with Gasteiger partial charge in [-0.2, -0.15) is 0 Å². The highest BCUT2D eigenvalue weighted by Crippen LogP contribution is 2.20. The zero-order chi connectivity index (χ0) is 24.6. The van der Waals surface area contributed by atoms with E-state index in [0.29, 0.717) is 31.5 Å². The Morgan fingerprint density at radius 2 is 1.74 bits per heavy atom. The van der Waals surface area contributed by atoms with E-state index in [1.165, 1.54) is 18.7 Å². The quantitative estimate of drug-likeness (QED) is 0.156. The van der Waals surface area contributed by atoms with Crippen LogP contribution in [0.3, 0.4) is 0 Å². The number of amides is 1. The lowest BCUT2D eigenvalue weighted by Gasteiger charge is -2.07. The number of hydrogen-bond donors (Lipinski definition) is 2. The number of para-hydroxylation sites is 2. The number of carbonyl (C=O) groups excluding carboxylic acids is 2. The molecule has 1 amide bonds. The minimum Gasteiger partial charge on any atom is -0.506 e. The predicted octanol–water partition coefficient (Wildman–Crippen LogP) is 5.81. The van der Waals surface area contributed by atoms with Crippen molar-refractivity contribution in [3.8, 4) is 11.5 Å². The fourth-order valence-electron chi connectivity index (χ4n) is 3.07. The topological polar surface area (TPSA) is 84.9 Å². The van der Waals surface area contributed by atoms with Gasteiger partial charge in [0.05, 0.1) is 19.4 Å². The smallest absolute Gasteiger partial charge is 0.305 e. The Balaban J connectivity index is 0.000000340. The number of phenols is 1. The van der Waals surface area contributed by atoms with Gasteiger partial charge in [0.1, 0.15) is 11.5 Å². The van der Waals surface area contributed by atoms with E-state index in [4.69, 9.17) is 21.4 Å². The van der Waals surface area contributed by atoms with Gasteiger partial charge in [-0.15, -0.1) is 0 Å². The first-order valence-corrected chi connectivity index (χ1v) is 11.4. The number of methoxy groups -OCH3 is 1. The van der Waals surface area contributed by atoms with Gasteiger partial charge in [-0.1, -0.05) is 48.0 Å². The van der Waals surface area contributed by atoms with Crippen molar-refractivity contribution in [2.24, 2.45) is 0 Å². The maximum atomic E-state index is 11.1. The van der Waals surface area contributed by atoms with E-state index in [1.807, 2.05) is 42.5 Å². The predicted molar refractivity (Wildman–Crippen MR) is 134 cm³/mol. The number of aromatic hydroxyl groups is 1. The second-order valence-electron chi connectivity index (χ2n) is 7.43. The third-order valence-electron chi connectivity index (χ3n) is 4.90. The first kappa shape index (κ1) is 26.7. The molecule has 0 aliphatic heterocycles. The van der Waals surface area contributed by atoms with Gasteiger partial charge in [-0.3, -0.25) is 9.59 Å². The molecule has 0 saturated carbocycles. The lowest BCUT2D eigenvalue weighted by atomic mass is 10.1. The Kier molecular flexibility index (Phi) is 12.1. The minimum atomic E-state index is -0.185. The van der Waals surface area contributed by atoms with Crippen LogP contribution in [0.25, 0.3) is 0 Å². The van der Waals surface area contributed by atoms with Gasteiger partial charge in [-0.25, -0.2) is 0 Å². The number of esters is 1. The highest BCUT2D eigenvalue weighted by Gasteiger charge is 2.02. The molecule has 0 aliphatic carbocycles. The molecule has 0 heterocycles. The Morgan fingerprint density at radius 1 is 0.971 bits per heavy atom. The van der Waals surface area contributed by atoms with E-state index in [0.717, 1.165) is 35.6 Å². The highest BCUT2D eigenvalue weighted by molar-refractivity contribution is 6.30. The van der Waals surface area contributed by atoms with Crippen LogP contribution in [0.1, 0.15) is 30.4 Å². The first-order chi connectivity index (χ1) is 16.5. The summed E-state index contributed by atoms with van der Waals surface area (Å²) in [7, 11) is 1.41. The molecule has 0 saturated heterocycles. The fourth-order valence-corrected chi connectivity index (χ4v) is 3.29. The number of halogens is 1. The summed E-state index contributed by atoms with van der Waals surface area (Å²) in [5, 5.41) is 12.2. The van der Waals surface area contributed by atoms with Crippen LogP contribution in [0, 0.1) is 0 Å². The van der Waals surface area contributed by atoms with E-state index < -0.39 is 0 Å². The second-order valence-corrected chi connectivity index (χ2v) is 7.87. The van der Waals surface area contributed by atoms with Gasteiger partial charge in [0, 0.05) is 11.4 Å². The van der Waals surface area contributed by atoms with Crippen LogP contribution in [-0.2, 0) is 27.2 Å². The number of nitrogens with one attached hydrogen (secondary N) is 1. The molecule has 3 aromatic carbocycles. The van der Waals surface area contributed by atoms with Crippen LogP contribution in [-0.4, -0.2) is 31.2 Å². The van der Waals surface area contributed by atoms with Gasteiger partial charge in [0.25, 0.3) is 0 Å². The number of unbranched alkanes of at least 4 members (excludes halogenated alkanes) is 1. The summed E-state index contributed by atoms with van der Waals surface area (Å²) in [5.41, 5.74) is 2.80. The average Bonchev–Trinajstić information content (AvgIpc) is 2.85. The zero-order valence-corrected chi connectivity index (χ0v) is 20.0. The Labute approximate surface area is 205 Å². The molecule has 180 valence electrons. The van der Waals surface area contributed by atoms with Crippen LogP contribution < -0.4 is 10.1 Å². The van der Waals surface area contributed by atoms with Crippen LogP contribution >= 0.6 is 11.6 Å². The van der Waals surface area contributed by atoms with Gasteiger partial charge < -0.3 is 19.9 Å². The Bertz CT molecular complexity index is 1020. The van der Waals surface area contributed by atoms with E-state index in [1.54, 1.807) is 18.2 Å². The third kappa shape index (κ3) is 10.4. The maximum Gasteiger partial charge on any atom is 0.305 e. The molecule has 0 unspecified atom stereocenters. The summed E-state index contributed by atoms with van der Waals surface area (Å²) >= 11 is 5.98. The molecule has 7 heteroatoms. The second kappa shape index (κ2) is 15.3. The normalized spacial score (nSPS) is 9.94. The van der Waals surface area contributed by atoms with Crippen molar-refractivity contribution in [2.45, 2.75) is 32.1 Å². The highest BCUT2D eigenvalue weighted by atomic mass is 35.5. The standard InChI is InChI=1S/C20H23ClO3.C7H7NO2/c1-23-20(22)13-10-16-8-11-19(12-9-16)24-14-3-2-5-17-6-4-7-18(21)15-17;9-5-8-6-3-1-2-4-7(6)10/h4,6-9,11-12,15H,2-3,5,10,13-14H2,1H3;1-5,10H,(H,8,9). The number of benzene rings is 3. The number of anilines is 1. The van der Waals surface area contributed by atoms with E-state index >= 15 is 0 Å². The van der Waals surface area contributed by atoms with E-state index in [-0.39, 0.29) is 11.7 Å². The van der Waals surface area contributed by atoms with Crippen molar-refractivity contribution in [2.75, 3.05) is 19.0 Å².